The monoisotopic (exact) mass is 399 g/mol. The average molecular weight is 399 g/mol. The number of rotatable bonds is 2. The molecule has 0 aliphatic carbocycles. The van der Waals surface area contributed by atoms with Gasteiger partial charge in [0.05, 0.1) is 22.9 Å². The molecular formula is C17H20F3N5OS. The van der Waals surface area contributed by atoms with Crippen LogP contribution in [0.25, 0.3) is 0 Å². The highest BCUT2D eigenvalue weighted by Crippen LogP contribution is 2.41. The van der Waals surface area contributed by atoms with Gasteiger partial charge in [-0.15, -0.1) is 11.3 Å². The third-order valence-electron chi connectivity index (χ3n) is 5.19. The number of aromatic nitrogens is 3. The molecule has 27 heavy (non-hydrogen) atoms. The van der Waals surface area contributed by atoms with Crippen molar-refractivity contribution in [3.05, 3.63) is 27.8 Å². The van der Waals surface area contributed by atoms with Gasteiger partial charge in [0.1, 0.15) is 10.7 Å². The number of hydrogen-bond acceptors (Lipinski definition) is 5. The van der Waals surface area contributed by atoms with Crippen LogP contribution in [-0.2, 0) is 0 Å². The molecule has 2 aliphatic heterocycles. The van der Waals surface area contributed by atoms with Crippen molar-refractivity contribution >= 4 is 23.1 Å². The zero-order valence-electron chi connectivity index (χ0n) is 15.0. The van der Waals surface area contributed by atoms with Crippen molar-refractivity contribution in [2.45, 2.75) is 57.4 Å². The van der Waals surface area contributed by atoms with E-state index in [9.17, 15) is 18.0 Å². The number of amides is 1. The van der Waals surface area contributed by atoms with Crippen molar-refractivity contribution in [2.75, 3.05) is 11.9 Å². The lowest BCUT2D eigenvalue weighted by Gasteiger charge is -2.31. The summed E-state index contributed by atoms with van der Waals surface area (Å²) in [6, 6.07) is -0.603. The smallest absolute Gasteiger partial charge is 0.368 e. The van der Waals surface area contributed by atoms with Gasteiger partial charge in [-0.3, -0.25) is 4.79 Å². The minimum Gasteiger partial charge on any atom is -0.368 e. The van der Waals surface area contributed by atoms with Crippen molar-refractivity contribution in [2.24, 2.45) is 0 Å². The van der Waals surface area contributed by atoms with E-state index in [0.717, 1.165) is 11.1 Å². The van der Waals surface area contributed by atoms with Crippen LogP contribution in [0.5, 0.6) is 0 Å². The molecule has 0 unspecified atom stereocenters. The highest BCUT2D eigenvalue weighted by molar-refractivity contribution is 7.11. The van der Waals surface area contributed by atoms with Gasteiger partial charge in [0.15, 0.2) is 6.04 Å². The maximum Gasteiger partial charge on any atom is 0.410 e. The molecule has 3 atom stereocenters. The number of fused-ring (bicyclic) bond motifs is 1. The maximum atomic E-state index is 13.5. The molecule has 1 fully saturated rings. The van der Waals surface area contributed by atoms with Gasteiger partial charge in [0.25, 0.3) is 5.91 Å². The molecule has 10 heteroatoms. The van der Waals surface area contributed by atoms with E-state index in [1.165, 1.54) is 11.3 Å². The van der Waals surface area contributed by atoms with Crippen LogP contribution < -0.4 is 5.32 Å². The summed E-state index contributed by atoms with van der Waals surface area (Å²) in [5, 5.41) is 7.36. The zero-order valence-corrected chi connectivity index (χ0v) is 15.8. The highest BCUT2D eigenvalue weighted by atomic mass is 32.1. The van der Waals surface area contributed by atoms with Crippen LogP contribution in [0.3, 0.4) is 0 Å². The van der Waals surface area contributed by atoms with E-state index < -0.39 is 12.2 Å². The Labute approximate surface area is 158 Å². The van der Waals surface area contributed by atoms with E-state index in [-0.39, 0.29) is 24.4 Å². The number of carbonyl (C=O) groups is 1. The molecular weight excluding hydrogens is 379 g/mol. The van der Waals surface area contributed by atoms with Crippen LogP contribution in [0.1, 0.15) is 59.3 Å². The van der Waals surface area contributed by atoms with Gasteiger partial charge in [-0.1, -0.05) is 0 Å². The fourth-order valence-corrected chi connectivity index (χ4v) is 4.65. The molecule has 0 radical (unpaired) electrons. The first kappa shape index (κ1) is 18.3. The van der Waals surface area contributed by atoms with Crippen molar-refractivity contribution in [3.63, 3.8) is 0 Å². The SMILES string of the molecule is Cc1ncsc1C(=O)N1CCC[C@@H]1c1cc2n(n1)[C@@H](C(F)(F)F)C[C@@H](C)N2. The molecule has 0 bridgehead atoms. The average Bonchev–Trinajstić information content (AvgIpc) is 3.30. The van der Waals surface area contributed by atoms with Crippen LogP contribution in [0.4, 0.5) is 19.0 Å². The Balaban J connectivity index is 1.66. The Hall–Kier alpha value is -2.10. The summed E-state index contributed by atoms with van der Waals surface area (Å²) >= 11 is 1.28. The lowest BCUT2D eigenvalue weighted by atomic mass is 10.1. The first-order chi connectivity index (χ1) is 12.8. The van der Waals surface area contributed by atoms with E-state index in [0.29, 0.717) is 35.0 Å². The van der Waals surface area contributed by atoms with Crippen molar-refractivity contribution in [3.8, 4) is 0 Å². The summed E-state index contributed by atoms with van der Waals surface area (Å²) in [6.45, 7) is 4.08. The number of likely N-dealkylation sites (tertiary alicyclic amines) is 1. The molecule has 146 valence electrons. The Morgan fingerprint density at radius 2 is 2.19 bits per heavy atom. The Bertz CT molecular complexity index is 861. The number of hydrogen-bond donors (Lipinski definition) is 1. The molecule has 0 saturated carbocycles. The van der Waals surface area contributed by atoms with E-state index in [2.05, 4.69) is 15.4 Å². The van der Waals surface area contributed by atoms with Crippen molar-refractivity contribution < 1.29 is 18.0 Å². The molecule has 2 aromatic rings. The van der Waals surface area contributed by atoms with Crippen LogP contribution in [0.15, 0.2) is 11.6 Å². The van der Waals surface area contributed by atoms with Crippen LogP contribution in [0, 0.1) is 6.92 Å². The molecule has 4 heterocycles. The molecule has 2 aliphatic rings. The third-order valence-corrected chi connectivity index (χ3v) is 6.11. The fourth-order valence-electron chi connectivity index (χ4n) is 3.89. The topological polar surface area (TPSA) is 63.1 Å². The second kappa shape index (κ2) is 6.50. The second-order valence-electron chi connectivity index (χ2n) is 7.16. The van der Waals surface area contributed by atoms with Gasteiger partial charge in [0.2, 0.25) is 0 Å². The molecule has 1 saturated heterocycles. The molecule has 0 aromatic carbocycles. The lowest BCUT2D eigenvalue weighted by molar-refractivity contribution is -0.173. The van der Waals surface area contributed by atoms with Crippen LogP contribution in [-0.4, -0.2) is 44.3 Å². The normalized spacial score (nSPS) is 25.4. The van der Waals surface area contributed by atoms with Crippen molar-refractivity contribution in [1.82, 2.24) is 19.7 Å². The predicted octanol–water partition coefficient (Wildman–Crippen LogP) is 3.93. The first-order valence-corrected chi connectivity index (χ1v) is 9.77. The summed E-state index contributed by atoms with van der Waals surface area (Å²) in [5.74, 6) is 0.233. The number of aryl methyl sites for hydroxylation is 1. The Morgan fingerprint density at radius 1 is 1.41 bits per heavy atom. The first-order valence-electron chi connectivity index (χ1n) is 8.89. The standard InChI is InChI=1S/C17H20F3N5OS/c1-9-6-13(17(18,19)20)25-14(22-9)7-11(23-25)12-4-3-5-24(12)16(26)15-10(2)21-8-27-15/h7-9,12-13,22H,3-6H2,1-2H3/t9-,12-,13-/m1/s1. The molecule has 6 nitrogen and oxygen atoms in total. The minimum atomic E-state index is -4.36. The molecule has 1 N–H and O–H groups in total. The van der Waals surface area contributed by atoms with Crippen LogP contribution in [0.2, 0.25) is 0 Å². The summed E-state index contributed by atoms with van der Waals surface area (Å²) in [6.07, 6.45) is -2.94. The van der Waals surface area contributed by atoms with E-state index in [1.807, 2.05) is 0 Å². The van der Waals surface area contributed by atoms with E-state index in [4.69, 9.17) is 0 Å². The Kier molecular flexibility index (Phi) is 4.40. The van der Waals surface area contributed by atoms with Gasteiger partial charge in [-0.25, -0.2) is 9.67 Å². The Morgan fingerprint density at radius 3 is 2.85 bits per heavy atom. The van der Waals surface area contributed by atoms with E-state index >= 15 is 0 Å². The lowest BCUT2D eigenvalue weighted by Crippen LogP contribution is -2.38. The number of halogens is 3. The number of nitrogens with one attached hydrogen (secondary N) is 1. The predicted molar refractivity (Wildman–Crippen MR) is 94.9 cm³/mol. The van der Waals surface area contributed by atoms with Gasteiger partial charge >= 0.3 is 6.18 Å². The van der Waals surface area contributed by atoms with Gasteiger partial charge in [-0.05, 0) is 33.1 Å². The summed E-state index contributed by atoms with van der Waals surface area (Å²) in [4.78, 5) is 19.3. The van der Waals surface area contributed by atoms with E-state index in [1.54, 1.807) is 30.3 Å². The number of carbonyl (C=O) groups excluding carboxylic acids is 1. The second-order valence-corrected chi connectivity index (χ2v) is 8.02. The third kappa shape index (κ3) is 3.19. The molecule has 0 spiro atoms. The zero-order chi connectivity index (χ0) is 19.3. The molecule has 4 rings (SSSR count). The maximum absolute atomic E-state index is 13.5. The fraction of sp³-hybridized carbons (Fsp3) is 0.588. The largest absolute Gasteiger partial charge is 0.410 e. The van der Waals surface area contributed by atoms with Gasteiger partial charge in [-0.2, -0.15) is 18.3 Å². The number of anilines is 1. The summed E-state index contributed by atoms with van der Waals surface area (Å²) in [7, 11) is 0. The summed E-state index contributed by atoms with van der Waals surface area (Å²) in [5.41, 5.74) is 2.81. The highest BCUT2D eigenvalue weighted by Gasteiger charge is 2.46. The quantitative estimate of drug-likeness (QED) is 0.831. The summed E-state index contributed by atoms with van der Waals surface area (Å²) < 4.78 is 41.4. The molecule has 1 amide bonds. The minimum absolute atomic E-state index is 0.0645. The molecule has 2 aromatic heterocycles. The van der Waals surface area contributed by atoms with Crippen molar-refractivity contribution in [1.29, 1.82) is 0 Å². The van der Waals surface area contributed by atoms with Crippen LogP contribution >= 0.6 is 11.3 Å². The number of thiazole rings is 1. The number of nitrogens with zero attached hydrogens (tertiary/aromatic N) is 4. The van der Waals surface area contributed by atoms with Gasteiger partial charge < -0.3 is 10.2 Å². The van der Waals surface area contributed by atoms with Gasteiger partial charge in [0, 0.05) is 18.7 Å². The number of alkyl halides is 3.